The molecular weight excluding hydrogens is 226 g/mol. The number of nitrogens with two attached hydrogens (primary N) is 1. The molecule has 2 aliphatic rings. The number of rotatable bonds is 3. The Bertz CT molecular complexity index is 441. The van der Waals surface area contributed by atoms with Crippen LogP contribution in [0.4, 0.5) is 11.8 Å². The monoisotopic (exact) mass is 247 g/mol. The molecule has 0 aromatic carbocycles. The van der Waals surface area contributed by atoms with E-state index in [1.807, 2.05) is 0 Å². The predicted molar refractivity (Wildman–Crippen MR) is 72.5 cm³/mol. The second kappa shape index (κ2) is 4.72. The fraction of sp³-hybridized carbons (Fsp3) is 0.692. The van der Waals surface area contributed by atoms with Gasteiger partial charge in [0.2, 0.25) is 5.95 Å². The largest absolute Gasteiger partial charge is 0.368 e. The van der Waals surface area contributed by atoms with Gasteiger partial charge in [-0.05, 0) is 18.8 Å². The van der Waals surface area contributed by atoms with Crippen molar-refractivity contribution >= 4 is 11.8 Å². The van der Waals surface area contributed by atoms with Crippen LogP contribution in [0, 0.1) is 5.92 Å². The van der Waals surface area contributed by atoms with Crippen molar-refractivity contribution < 1.29 is 0 Å². The number of hydrogen-bond donors (Lipinski definition) is 2. The average molecular weight is 247 g/mol. The Hall–Kier alpha value is -1.36. The van der Waals surface area contributed by atoms with Crippen molar-refractivity contribution in [3.8, 4) is 0 Å². The number of fused-ring (bicyclic) bond motifs is 1. The third kappa shape index (κ3) is 2.14. The summed E-state index contributed by atoms with van der Waals surface area (Å²) < 4.78 is 0. The molecule has 0 spiro atoms. The van der Waals surface area contributed by atoms with E-state index in [2.05, 4.69) is 27.2 Å². The lowest BCUT2D eigenvalue weighted by Gasteiger charge is -2.32. The molecule has 0 amide bonds. The first-order valence-electron chi connectivity index (χ1n) is 6.81. The van der Waals surface area contributed by atoms with Gasteiger partial charge in [-0.1, -0.05) is 6.42 Å². The quantitative estimate of drug-likeness (QED) is 0.832. The molecule has 0 saturated heterocycles. The van der Waals surface area contributed by atoms with Crippen molar-refractivity contribution in [2.45, 2.75) is 32.2 Å². The molecule has 18 heavy (non-hydrogen) atoms. The summed E-state index contributed by atoms with van der Waals surface area (Å²) in [5.74, 6) is 2.26. The van der Waals surface area contributed by atoms with Gasteiger partial charge in [-0.3, -0.25) is 0 Å². The van der Waals surface area contributed by atoms with Crippen molar-refractivity contribution in [2.24, 2.45) is 5.92 Å². The summed E-state index contributed by atoms with van der Waals surface area (Å²) in [5.41, 5.74) is 8.18. The highest BCUT2D eigenvalue weighted by Gasteiger charge is 2.23. The molecule has 1 aromatic heterocycles. The summed E-state index contributed by atoms with van der Waals surface area (Å²) in [4.78, 5) is 11.1. The van der Waals surface area contributed by atoms with Gasteiger partial charge >= 0.3 is 0 Å². The molecule has 1 aliphatic carbocycles. The summed E-state index contributed by atoms with van der Waals surface area (Å²) in [6.07, 6.45) is 5.03. The van der Waals surface area contributed by atoms with Crippen LogP contribution in [-0.4, -0.2) is 30.1 Å². The van der Waals surface area contributed by atoms with Crippen LogP contribution >= 0.6 is 0 Å². The minimum atomic E-state index is 0.408. The maximum Gasteiger partial charge on any atom is 0.222 e. The first-order chi connectivity index (χ1) is 8.74. The van der Waals surface area contributed by atoms with Crippen molar-refractivity contribution in [1.29, 1.82) is 0 Å². The number of hydrogen-bond acceptors (Lipinski definition) is 5. The normalized spacial score (nSPS) is 19.2. The van der Waals surface area contributed by atoms with Crippen LogP contribution in [0.2, 0.25) is 0 Å². The van der Waals surface area contributed by atoms with E-state index in [4.69, 9.17) is 5.73 Å². The van der Waals surface area contributed by atoms with Crippen LogP contribution < -0.4 is 16.0 Å². The Morgan fingerprint density at radius 3 is 2.94 bits per heavy atom. The molecule has 98 valence electrons. The molecule has 0 unspecified atom stereocenters. The summed E-state index contributed by atoms with van der Waals surface area (Å²) in [6.45, 7) is 2.93. The van der Waals surface area contributed by atoms with E-state index in [0.717, 1.165) is 43.5 Å². The molecule has 3 N–H and O–H groups in total. The molecule has 0 atom stereocenters. The predicted octanol–water partition coefficient (Wildman–Crippen LogP) is 0.941. The molecule has 0 radical (unpaired) electrons. The summed E-state index contributed by atoms with van der Waals surface area (Å²) in [5, 5.41) is 3.39. The second-order valence-electron chi connectivity index (χ2n) is 5.43. The van der Waals surface area contributed by atoms with E-state index in [-0.39, 0.29) is 0 Å². The summed E-state index contributed by atoms with van der Waals surface area (Å²) in [7, 11) is 2.12. The topological polar surface area (TPSA) is 67.1 Å². The lowest BCUT2D eigenvalue weighted by atomic mass is 9.85. The summed E-state index contributed by atoms with van der Waals surface area (Å²) in [6, 6.07) is 0. The first-order valence-corrected chi connectivity index (χ1v) is 6.81. The molecule has 0 bridgehead atoms. The van der Waals surface area contributed by atoms with Gasteiger partial charge in [-0.2, -0.15) is 4.98 Å². The van der Waals surface area contributed by atoms with Crippen LogP contribution in [0.3, 0.4) is 0 Å². The molecule has 1 aromatic rings. The van der Waals surface area contributed by atoms with Gasteiger partial charge in [0.25, 0.3) is 0 Å². The fourth-order valence-electron chi connectivity index (χ4n) is 2.81. The van der Waals surface area contributed by atoms with E-state index < -0.39 is 0 Å². The van der Waals surface area contributed by atoms with E-state index in [0.29, 0.717) is 5.95 Å². The molecule has 2 heterocycles. The zero-order chi connectivity index (χ0) is 12.5. The lowest BCUT2D eigenvalue weighted by molar-refractivity contribution is 0.320. The SMILES string of the molecule is CN(CC1CCC1)c1nc(N)nc2c1CNCC2. The third-order valence-corrected chi connectivity index (χ3v) is 4.05. The third-order valence-electron chi connectivity index (χ3n) is 4.05. The smallest absolute Gasteiger partial charge is 0.222 e. The van der Waals surface area contributed by atoms with Gasteiger partial charge in [0.05, 0.1) is 5.69 Å². The molecule has 1 fully saturated rings. The molecule has 5 nitrogen and oxygen atoms in total. The number of nitrogens with zero attached hydrogens (tertiary/aromatic N) is 3. The number of nitrogens with one attached hydrogen (secondary N) is 1. The number of nitrogen functional groups attached to an aromatic ring is 1. The van der Waals surface area contributed by atoms with Gasteiger partial charge in [-0.15, -0.1) is 0 Å². The Morgan fingerprint density at radius 2 is 2.22 bits per heavy atom. The second-order valence-corrected chi connectivity index (χ2v) is 5.43. The average Bonchev–Trinajstić information content (AvgIpc) is 2.32. The first kappa shape index (κ1) is 11.7. The standard InChI is InChI=1S/C13H21N5/c1-18(8-9-3-2-4-9)12-10-7-15-6-5-11(10)16-13(14)17-12/h9,15H,2-8H2,1H3,(H2,14,16,17). The Morgan fingerprint density at radius 1 is 1.39 bits per heavy atom. The Labute approximate surface area is 108 Å². The number of anilines is 2. The van der Waals surface area contributed by atoms with Crippen LogP contribution in [0.5, 0.6) is 0 Å². The van der Waals surface area contributed by atoms with Crippen molar-refractivity contribution in [3.63, 3.8) is 0 Å². The van der Waals surface area contributed by atoms with E-state index in [1.54, 1.807) is 0 Å². The van der Waals surface area contributed by atoms with Crippen molar-refractivity contribution in [1.82, 2.24) is 15.3 Å². The zero-order valence-corrected chi connectivity index (χ0v) is 10.9. The minimum absolute atomic E-state index is 0.408. The maximum absolute atomic E-state index is 5.83. The summed E-state index contributed by atoms with van der Waals surface area (Å²) >= 11 is 0. The Kier molecular flexibility index (Phi) is 3.07. The molecule has 1 saturated carbocycles. The molecule has 3 rings (SSSR count). The fourth-order valence-corrected chi connectivity index (χ4v) is 2.81. The van der Waals surface area contributed by atoms with Gasteiger partial charge < -0.3 is 16.0 Å². The van der Waals surface area contributed by atoms with Crippen molar-refractivity contribution in [2.75, 3.05) is 30.8 Å². The van der Waals surface area contributed by atoms with Crippen LogP contribution in [0.15, 0.2) is 0 Å². The Balaban J connectivity index is 1.86. The van der Waals surface area contributed by atoms with E-state index >= 15 is 0 Å². The lowest BCUT2D eigenvalue weighted by Crippen LogP contribution is -2.33. The van der Waals surface area contributed by atoms with Gasteiger partial charge in [0, 0.05) is 38.7 Å². The minimum Gasteiger partial charge on any atom is -0.368 e. The molecule has 5 heteroatoms. The highest BCUT2D eigenvalue weighted by Crippen LogP contribution is 2.30. The highest BCUT2D eigenvalue weighted by atomic mass is 15.2. The van der Waals surface area contributed by atoms with Crippen LogP contribution in [-0.2, 0) is 13.0 Å². The van der Waals surface area contributed by atoms with E-state index in [1.165, 1.54) is 24.8 Å². The highest BCUT2D eigenvalue weighted by molar-refractivity contribution is 5.52. The van der Waals surface area contributed by atoms with Crippen LogP contribution in [0.1, 0.15) is 30.5 Å². The van der Waals surface area contributed by atoms with Crippen LogP contribution in [0.25, 0.3) is 0 Å². The van der Waals surface area contributed by atoms with Crippen molar-refractivity contribution in [3.05, 3.63) is 11.3 Å². The molecule has 1 aliphatic heterocycles. The van der Waals surface area contributed by atoms with Gasteiger partial charge in [0.15, 0.2) is 0 Å². The zero-order valence-electron chi connectivity index (χ0n) is 10.9. The van der Waals surface area contributed by atoms with E-state index in [9.17, 15) is 0 Å². The van der Waals surface area contributed by atoms with Gasteiger partial charge in [-0.25, -0.2) is 4.98 Å². The maximum atomic E-state index is 5.83. The number of aromatic nitrogens is 2. The van der Waals surface area contributed by atoms with Gasteiger partial charge in [0.1, 0.15) is 5.82 Å². The molecular formula is C13H21N5.